The highest BCUT2D eigenvalue weighted by Gasteiger charge is 2.37. The highest BCUT2D eigenvalue weighted by atomic mass is 16.5. The van der Waals surface area contributed by atoms with Gasteiger partial charge in [0.2, 0.25) is 5.91 Å². The van der Waals surface area contributed by atoms with E-state index in [4.69, 9.17) is 10.5 Å². The highest BCUT2D eigenvalue weighted by molar-refractivity contribution is 5.79. The molecule has 1 aliphatic rings. The quantitative estimate of drug-likeness (QED) is 0.636. The first kappa shape index (κ1) is 10.5. The minimum atomic E-state index is -0.314. The molecular weight excluding hydrogens is 168 g/mol. The van der Waals surface area contributed by atoms with Crippen LogP contribution in [-0.4, -0.2) is 31.2 Å². The Kier molecular flexibility index (Phi) is 3.27. The van der Waals surface area contributed by atoms with Gasteiger partial charge in [-0.25, -0.2) is 0 Å². The average Bonchev–Trinajstić information content (AvgIpc) is 2.02. The van der Waals surface area contributed by atoms with Crippen molar-refractivity contribution in [3.05, 3.63) is 0 Å². The molecule has 1 rings (SSSR count). The summed E-state index contributed by atoms with van der Waals surface area (Å²) in [5.74, 6) is -0.314. The first-order valence-corrected chi connectivity index (χ1v) is 4.67. The van der Waals surface area contributed by atoms with Crippen molar-refractivity contribution in [2.75, 3.05) is 13.7 Å². The average molecular weight is 186 g/mol. The fraction of sp³-hybridized carbons (Fsp3) is 0.889. The van der Waals surface area contributed by atoms with E-state index in [-0.39, 0.29) is 17.6 Å². The predicted molar refractivity (Wildman–Crippen MR) is 50.3 cm³/mol. The number of primary amides is 1. The van der Waals surface area contributed by atoms with E-state index in [0.717, 1.165) is 12.8 Å². The van der Waals surface area contributed by atoms with Gasteiger partial charge in [0.25, 0.3) is 0 Å². The van der Waals surface area contributed by atoms with Gasteiger partial charge in [-0.3, -0.25) is 4.79 Å². The molecule has 13 heavy (non-hydrogen) atoms. The van der Waals surface area contributed by atoms with Crippen LogP contribution in [0.1, 0.15) is 26.2 Å². The van der Waals surface area contributed by atoms with Crippen LogP contribution in [-0.2, 0) is 9.53 Å². The molecule has 4 nitrogen and oxygen atoms in total. The number of carbonyl (C=O) groups excluding carboxylic acids is 1. The normalized spacial score (nSPS) is 22.0. The van der Waals surface area contributed by atoms with E-state index in [2.05, 4.69) is 5.32 Å². The summed E-state index contributed by atoms with van der Waals surface area (Å²) in [6, 6.07) is -0.271. The minimum absolute atomic E-state index is 0.0380. The van der Waals surface area contributed by atoms with Crippen molar-refractivity contribution in [3.8, 4) is 0 Å². The first-order valence-electron chi connectivity index (χ1n) is 4.67. The largest absolute Gasteiger partial charge is 0.377 e. The molecule has 0 radical (unpaired) electrons. The van der Waals surface area contributed by atoms with Gasteiger partial charge in [0.15, 0.2) is 0 Å². The monoisotopic (exact) mass is 186 g/mol. The van der Waals surface area contributed by atoms with E-state index >= 15 is 0 Å². The molecule has 3 N–H and O–H groups in total. The Hall–Kier alpha value is -0.610. The van der Waals surface area contributed by atoms with Crippen LogP contribution in [0.25, 0.3) is 0 Å². The number of amides is 1. The third-order valence-electron chi connectivity index (χ3n) is 2.85. The van der Waals surface area contributed by atoms with Crippen LogP contribution in [0.5, 0.6) is 0 Å². The van der Waals surface area contributed by atoms with Crippen LogP contribution in [0.15, 0.2) is 0 Å². The fourth-order valence-electron chi connectivity index (χ4n) is 1.46. The van der Waals surface area contributed by atoms with Crippen molar-refractivity contribution >= 4 is 5.91 Å². The molecule has 0 aliphatic heterocycles. The van der Waals surface area contributed by atoms with E-state index in [1.165, 1.54) is 6.42 Å². The number of nitrogens with two attached hydrogens (primary N) is 1. The number of nitrogens with one attached hydrogen (secondary N) is 1. The highest BCUT2D eigenvalue weighted by Crippen LogP contribution is 2.34. The second kappa shape index (κ2) is 4.07. The molecular formula is C9H18N2O2. The van der Waals surface area contributed by atoms with Crippen molar-refractivity contribution in [1.29, 1.82) is 0 Å². The number of carbonyl (C=O) groups is 1. The van der Waals surface area contributed by atoms with Gasteiger partial charge in [-0.2, -0.15) is 0 Å². The molecule has 0 spiro atoms. The first-order chi connectivity index (χ1) is 6.09. The Balaban J connectivity index is 2.28. The van der Waals surface area contributed by atoms with Gasteiger partial charge in [-0.05, 0) is 26.2 Å². The number of rotatable bonds is 5. The number of methoxy groups -OCH3 is 1. The fourth-order valence-corrected chi connectivity index (χ4v) is 1.46. The molecule has 0 saturated heterocycles. The lowest BCUT2D eigenvalue weighted by molar-refractivity contribution is -0.120. The zero-order chi connectivity index (χ0) is 9.90. The van der Waals surface area contributed by atoms with Crippen molar-refractivity contribution in [1.82, 2.24) is 5.32 Å². The maximum Gasteiger partial charge on any atom is 0.234 e. The smallest absolute Gasteiger partial charge is 0.234 e. The molecule has 1 aliphatic carbocycles. The molecule has 0 aromatic rings. The third-order valence-corrected chi connectivity index (χ3v) is 2.85. The second-order valence-corrected chi connectivity index (χ2v) is 3.75. The molecule has 0 aromatic carbocycles. The van der Waals surface area contributed by atoms with E-state index in [0.29, 0.717) is 6.54 Å². The molecule has 0 heterocycles. The van der Waals surface area contributed by atoms with Crippen LogP contribution in [0.4, 0.5) is 0 Å². The second-order valence-electron chi connectivity index (χ2n) is 3.75. The summed E-state index contributed by atoms with van der Waals surface area (Å²) in [7, 11) is 1.72. The molecule has 1 atom stereocenters. The standard InChI is InChI=1S/C9H18N2O2/c1-7(8(10)12)11-6-9(13-2)4-3-5-9/h7,11H,3-6H2,1-2H3,(H2,10,12). The summed E-state index contributed by atoms with van der Waals surface area (Å²) in [4.78, 5) is 10.7. The molecule has 1 amide bonds. The number of hydrogen-bond acceptors (Lipinski definition) is 3. The summed E-state index contributed by atoms with van der Waals surface area (Å²) in [5, 5.41) is 3.08. The summed E-state index contributed by atoms with van der Waals surface area (Å²) in [6.07, 6.45) is 3.35. The molecule has 1 unspecified atom stereocenters. The SMILES string of the molecule is COC1(CNC(C)C(N)=O)CCC1. The molecule has 1 saturated carbocycles. The van der Waals surface area contributed by atoms with E-state index in [1.807, 2.05) is 0 Å². The molecule has 4 heteroatoms. The van der Waals surface area contributed by atoms with Gasteiger partial charge in [-0.1, -0.05) is 0 Å². The summed E-state index contributed by atoms with van der Waals surface area (Å²) < 4.78 is 5.39. The van der Waals surface area contributed by atoms with Gasteiger partial charge >= 0.3 is 0 Å². The maximum absolute atomic E-state index is 10.7. The Morgan fingerprint density at radius 1 is 1.69 bits per heavy atom. The van der Waals surface area contributed by atoms with Gasteiger partial charge < -0.3 is 15.8 Å². The van der Waals surface area contributed by atoms with Crippen molar-refractivity contribution in [3.63, 3.8) is 0 Å². The Bertz CT molecular complexity index is 185. The molecule has 0 bridgehead atoms. The molecule has 0 aromatic heterocycles. The van der Waals surface area contributed by atoms with Gasteiger partial charge in [0.05, 0.1) is 11.6 Å². The Morgan fingerprint density at radius 2 is 2.31 bits per heavy atom. The lowest BCUT2D eigenvalue weighted by atomic mass is 9.80. The van der Waals surface area contributed by atoms with Crippen LogP contribution in [0.3, 0.4) is 0 Å². The minimum Gasteiger partial charge on any atom is -0.377 e. The number of hydrogen-bond donors (Lipinski definition) is 2. The van der Waals surface area contributed by atoms with E-state index in [9.17, 15) is 4.79 Å². The molecule has 76 valence electrons. The topological polar surface area (TPSA) is 64.3 Å². The Labute approximate surface area is 78.8 Å². The van der Waals surface area contributed by atoms with Gasteiger partial charge in [0.1, 0.15) is 0 Å². The van der Waals surface area contributed by atoms with Crippen LogP contribution in [0.2, 0.25) is 0 Å². The van der Waals surface area contributed by atoms with Crippen LogP contribution >= 0.6 is 0 Å². The van der Waals surface area contributed by atoms with Gasteiger partial charge in [-0.15, -0.1) is 0 Å². The van der Waals surface area contributed by atoms with E-state index in [1.54, 1.807) is 14.0 Å². The lowest BCUT2D eigenvalue weighted by Gasteiger charge is -2.41. The van der Waals surface area contributed by atoms with Crippen LogP contribution in [0, 0.1) is 0 Å². The summed E-state index contributed by atoms with van der Waals surface area (Å²) in [5.41, 5.74) is 5.09. The number of ether oxygens (including phenoxy) is 1. The van der Waals surface area contributed by atoms with Crippen LogP contribution < -0.4 is 11.1 Å². The Morgan fingerprint density at radius 3 is 2.62 bits per heavy atom. The predicted octanol–water partition coefficient (Wildman–Crippen LogP) is 0.0189. The maximum atomic E-state index is 10.7. The van der Waals surface area contributed by atoms with Crippen molar-refractivity contribution < 1.29 is 9.53 Å². The van der Waals surface area contributed by atoms with E-state index < -0.39 is 0 Å². The zero-order valence-corrected chi connectivity index (χ0v) is 8.30. The summed E-state index contributed by atoms with van der Waals surface area (Å²) in [6.45, 7) is 2.48. The zero-order valence-electron chi connectivity index (χ0n) is 8.30. The summed E-state index contributed by atoms with van der Waals surface area (Å²) >= 11 is 0. The van der Waals surface area contributed by atoms with Crippen molar-refractivity contribution in [2.24, 2.45) is 5.73 Å². The third kappa shape index (κ3) is 2.42. The lowest BCUT2D eigenvalue weighted by Crippen LogP contribution is -2.52. The van der Waals surface area contributed by atoms with Gasteiger partial charge in [0, 0.05) is 13.7 Å². The van der Waals surface area contributed by atoms with Crippen molar-refractivity contribution in [2.45, 2.75) is 37.8 Å². The molecule has 1 fully saturated rings.